The SMILES string of the molecule is CN1CCC(n2cc([N+](=O)[O-])c(Br)n2)CC1. The number of piperidine rings is 1. The van der Waals surface area contributed by atoms with E-state index in [-0.39, 0.29) is 11.7 Å². The Morgan fingerprint density at radius 1 is 1.56 bits per heavy atom. The van der Waals surface area contributed by atoms with Gasteiger partial charge in [-0.1, -0.05) is 0 Å². The molecule has 16 heavy (non-hydrogen) atoms. The summed E-state index contributed by atoms with van der Waals surface area (Å²) in [6.45, 7) is 2.02. The molecule has 0 bridgehead atoms. The Kier molecular flexibility index (Phi) is 3.25. The molecule has 0 radical (unpaired) electrons. The summed E-state index contributed by atoms with van der Waals surface area (Å²) in [5, 5.41) is 14.8. The minimum atomic E-state index is -0.414. The maximum Gasteiger partial charge on any atom is 0.321 e. The van der Waals surface area contributed by atoms with Crippen LogP contribution in [-0.4, -0.2) is 39.7 Å². The third-order valence-electron chi connectivity index (χ3n) is 2.93. The molecule has 2 heterocycles. The van der Waals surface area contributed by atoms with Crippen LogP contribution in [0.5, 0.6) is 0 Å². The molecule has 0 unspecified atom stereocenters. The van der Waals surface area contributed by atoms with E-state index in [1.165, 1.54) is 6.20 Å². The predicted octanol–water partition coefficient (Wildman–Crippen LogP) is 1.82. The summed E-state index contributed by atoms with van der Waals surface area (Å²) in [4.78, 5) is 12.5. The summed E-state index contributed by atoms with van der Waals surface area (Å²) in [5.74, 6) is 0. The molecule has 0 N–H and O–H groups in total. The Bertz CT molecular complexity index is 398. The average molecular weight is 289 g/mol. The first-order chi connectivity index (χ1) is 7.58. The van der Waals surface area contributed by atoms with Gasteiger partial charge in [0.1, 0.15) is 6.20 Å². The first-order valence-electron chi connectivity index (χ1n) is 5.15. The van der Waals surface area contributed by atoms with E-state index in [4.69, 9.17) is 0 Å². The van der Waals surface area contributed by atoms with Crippen LogP contribution in [0.4, 0.5) is 5.69 Å². The van der Waals surface area contributed by atoms with Crippen LogP contribution in [0, 0.1) is 10.1 Å². The second-order valence-corrected chi connectivity index (χ2v) is 4.83. The highest BCUT2D eigenvalue weighted by molar-refractivity contribution is 9.10. The van der Waals surface area contributed by atoms with E-state index in [0.717, 1.165) is 25.9 Å². The van der Waals surface area contributed by atoms with Gasteiger partial charge in [0.05, 0.1) is 11.0 Å². The molecule has 1 aliphatic rings. The van der Waals surface area contributed by atoms with Crippen LogP contribution < -0.4 is 0 Å². The molecule has 1 aromatic heterocycles. The van der Waals surface area contributed by atoms with Crippen molar-refractivity contribution in [2.24, 2.45) is 0 Å². The van der Waals surface area contributed by atoms with Gasteiger partial charge in [-0.25, -0.2) is 0 Å². The van der Waals surface area contributed by atoms with Gasteiger partial charge in [0.25, 0.3) is 0 Å². The average Bonchev–Trinajstić information content (AvgIpc) is 2.61. The molecule has 7 heteroatoms. The van der Waals surface area contributed by atoms with E-state index >= 15 is 0 Å². The van der Waals surface area contributed by atoms with Gasteiger partial charge < -0.3 is 4.90 Å². The van der Waals surface area contributed by atoms with Crippen molar-refractivity contribution < 1.29 is 4.92 Å². The molecule has 1 aliphatic heterocycles. The van der Waals surface area contributed by atoms with Crippen molar-refractivity contribution in [1.29, 1.82) is 0 Å². The van der Waals surface area contributed by atoms with Crippen LogP contribution >= 0.6 is 15.9 Å². The number of hydrogen-bond donors (Lipinski definition) is 0. The molecule has 1 aromatic rings. The zero-order chi connectivity index (χ0) is 11.7. The lowest BCUT2D eigenvalue weighted by molar-refractivity contribution is -0.385. The van der Waals surface area contributed by atoms with Gasteiger partial charge >= 0.3 is 5.69 Å². The number of aromatic nitrogens is 2. The summed E-state index contributed by atoms with van der Waals surface area (Å²) in [5.41, 5.74) is 0.0407. The quantitative estimate of drug-likeness (QED) is 0.615. The zero-order valence-corrected chi connectivity index (χ0v) is 10.6. The summed E-state index contributed by atoms with van der Waals surface area (Å²) in [6.07, 6.45) is 3.49. The van der Waals surface area contributed by atoms with E-state index < -0.39 is 4.92 Å². The monoisotopic (exact) mass is 288 g/mol. The van der Waals surface area contributed by atoms with Gasteiger partial charge in [-0.05, 0) is 48.9 Å². The molecule has 0 spiro atoms. The fourth-order valence-corrected chi connectivity index (χ4v) is 2.36. The van der Waals surface area contributed by atoms with E-state index in [1.54, 1.807) is 4.68 Å². The van der Waals surface area contributed by atoms with Crippen LogP contribution in [0.25, 0.3) is 0 Å². The van der Waals surface area contributed by atoms with Crippen LogP contribution in [-0.2, 0) is 0 Å². The lowest BCUT2D eigenvalue weighted by Gasteiger charge is -2.28. The van der Waals surface area contributed by atoms with Crippen LogP contribution in [0.1, 0.15) is 18.9 Å². The molecule has 6 nitrogen and oxygen atoms in total. The molecule has 0 aliphatic carbocycles. The number of halogens is 1. The molecule has 1 fully saturated rings. The largest absolute Gasteiger partial charge is 0.321 e. The van der Waals surface area contributed by atoms with Gasteiger partial charge in [0.15, 0.2) is 0 Å². The maximum atomic E-state index is 10.7. The first kappa shape index (κ1) is 11.5. The van der Waals surface area contributed by atoms with E-state index in [9.17, 15) is 10.1 Å². The van der Waals surface area contributed by atoms with E-state index in [2.05, 4.69) is 33.0 Å². The van der Waals surface area contributed by atoms with Gasteiger partial charge in [-0.3, -0.25) is 14.8 Å². The molecule has 0 amide bonds. The van der Waals surface area contributed by atoms with Crippen molar-refractivity contribution in [2.45, 2.75) is 18.9 Å². The lowest BCUT2D eigenvalue weighted by Crippen LogP contribution is -2.31. The Hall–Kier alpha value is -0.950. The van der Waals surface area contributed by atoms with Gasteiger partial charge in [-0.2, -0.15) is 5.10 Å². The van der Waals surface area contributed by atoms with Crippen molar-refractivity contribution in [2.75, 3.05) is 20.1 Å². The molecule has 1 saturated heterocycles. The van der Waals surface area contributed by atoms with Crippen LogP contribution in [0.2, 0.25) is 0 Å². The second-order valence-electron chi connectivity index (χ2n) is 4.08. The number of nitro groups is 1. The summed E-state index contributed by atoms with van der Waals surface area (Å²) in [6, 6.07) is 0.279. The first-order valence-corrected chi connectivity index (χ1v) is 5.95. The highest BCUT2D eigenvalue weighted by Crippen LogP contribution is 2.28. The molecule has 0 aromatic carbocycles. The minimum Gasteiger partial charge on any atom is -0.306 e. The molecular formula is C9H13BrN4O2. The van der Waals surface area contributed by atoms with Crippen molar-refractivity contribution in [3.8, 4) is 0 Å². The van der Waals surface area contributed by atoms with Crippen LogP contribution in [0.15, 0.2) is 10.8 Å². The van der Waals surface area contributed by atoms with Crippen molar-refractivity contribution >= 4 is 21.6 Å². The Labute approximate surface area is 102 Å². The third-order valence-corrected chi connectivity index (χ3v) is 3.49. The number of nitrogens with zero attached hydrogens (tertiary/aromatic N) is 4. The van der Waals surface area contributed by atoms with Gasteiger partial charge in [0, 0.05) is 0 Å². The van der Waals surface area contributed by atoms with Crippen molar-refractivity contribution in [3.63, 3.8) is 0 Å². The number of rotatable bonds is 2. The standard InChI is InChI=1S/C9H13BrN4O2/c1-12-4-2-7(3-5-12)13-6-8(14(15)16)9(10)11-13/h6-7H,2-5H2,1H3. The summed E-state index contributed by atoms with van der Waals surface area (Å²) in [7, 11) is 2.08. The molecule has 88 valence electrons. The highest BCUT2D eigenvalue weighted by Gasteiger charge is 2.23. The summed E-state index contributed by atoms with van der Waals surface area (Å²) < 4.78 is 2.03. The maximum absolute atomic E-state index is 10.7. The van der Waals surface area contributed by atoms with Crippen LogP contribution in [0.3, 0.4) is 0 Å². The van der Waals surface area contributed by atoms with Gasteiger partial charge in [-0.15, -0.1) is 0 Å². The zero-order valence-electron chi connectivity index (χ0n) is 8.97. The predicted molar refractivity (Wildman–Crippen MR) is 62.3 cm³/mol. The Morgan fingerprint density at radius 3 is 2.69 bits per heavy atom. The normalized spacial score (nSPS) is 18.9. The van der Waals surface area contributed by atoms with Crippen molar-refractivity contribution in [1.82, 2.24) is 14.7 Å². The molecular weight excluding hydrogens is 276 g/mol. The lowest BCUT2D eigenvalue weighted by atomic mass is 10.1. The summed E-state index contributed by atoms with van der Waals surface area (Å²) >= 11 is 3.11. The highest BCUT2D eigenvalue weighted by atomic mass is 79.9. The fraction of sp³-hybridized carbons (Fsp3) is 0.667. The minimum absolute atomic E-state index is 0.0407. The fourth-order valence-electron chi connectivity index (χ4n) is 1.93. The number of hydrogen-bond acceptors (Lipinski definition) is 4. The topological polar surface area (TPSA) is 64.2 Å². The third kappa shape index (κ3) is 2.25. The second kappa shape index (κ2) is 4.50. The molecule has 2 rings (SSSR count). The Morgan fingerprint density at radius 2 is 2.19 bits per heavy atom. The van der Waals surface area contributed by atoms with Crippen molar-refractivity contribution in [3.05, 3.63) is 20.9 Å². The number of likely N-dealkylation sites (tertiary alicyclic amines) is 1. The molecule has 0 saturated carbocycles. The molecule has 0 atom stereocenters. The van der Waals surface area contributed by atoms with Gasteiger partial charge in [0.2, 0.25) is 4.60 Å². The van der Waals surface area contributed by atoms with E-state index in [0.29, 0.717) is 4.60 Å². The van der Waals surface area contributed by atoms with E-state index in [1.807, 2.05) is 0 Å². The Balaban J connectivity index is 2.15. The smallest absolute Gasteiger partial charge is 0.306 e.